The van der Waals surface area contributed by atoms with Crippen LogP contribution in [0.1, 0.15) is 0 Å². The molecule has 0 saturated carbocycles. The van der Waals surface area contributed by atoms with E-state index in [1.165, 1.54) is 18.5 Å². The highest BCUT2D eigenvalue weighted by atomic mass is 35.5. The lowest BCUT2D eigenvalue weighted by Crippen LogP contribution is -2.03. The van der Waals surface area contributed by atoms with Gasteiger partial charge in [-0.1, -0.05) is 29.8 Å². The lowest BCUT2D eigenvalue weighted by atomic mass is 10.1. The SMILES string of the molecule is Nc1ncnc(Nc2cc(-c3cc(Cl)ccc3F)nc3ccccc23)n1. The minimum absolute atomic E-state index is 0.0990. The molecule has 0 fully saturated rings. The Morgan fingerprint density at radius 2 is 1.85 bits per heavy atom. The van der Waals surface area contributed by atoms with Gasteiger partial charge in [0.05, 0.1) is 16.9 Å². The van der Waals surface area contributed by atoms with E-state index in [0.29, 0.717) is 27.5 Å². The van der Waals surface area contributed by atoms with E-state index in [2.05, 4.69) is 25.3 Å². The molecule has 0 amide bonds. The summed E-state index contributed by atoms with van der Waals surface area (Å²) in [5.41, 5.74) is 7.70. The van der Waals surface area contributed by atoms with E-state index in [1.54, 1.807) is 12.1 Å². The molecular formula is C18H12ClFN6. The Bertz CT molecular complexity index is 1120. The van der Waals surface area contributed by atoms with Gasteiger partial charge < -0.3 is 11.1 Å². The molecule has 4 aromatic rings. The number of nitrogen functional groups attached to an aromatic ring is 1. The molecule has 3 N–H and O–H groups in total. The van der Waals surface area contributed by atoms with Crippen LogP contribution in [0.3, 0.4) is 0 Å². The van der Waals surface area contributed by atoms with Crippen LogP contribution in [0.25, 0.3) is 22.2 Å². The number of anilines is 3. The van der Waals surface area contributed by atoms with Crippen LogP contribution in [0.15, 0.2) is 54.9 Å². The van der Waals surface area contributed by atoms with Crippen LogP contribution in [0, 0.1) is 5.82 Å². The maximum atomic E-state index is 14.3. The summed E-state index contributed by atoms with van der Waals surface area (Å²) in [6.45, 7) is 0. The van der Waals surface area contributed by atoms with Crippen molar-refractivity contribution in [2.45, 2.75) is 0 Å². The molecule has 4 rings (SSSR count). The summed E-state index contributed by atoms with van der Waals surface area (Å²) < 4.78 is 14.3. The van der Waals surface area contributed by atoms with Gasteiger partial charge in [0, 0.05) is 16.0 Å². The van der Waals surface area contributed by atoms with Crippen molar-refractivity contribution in [3.8, 4) is 11.3 Å². The smallest absolute Gasteiger partial charge is 0.232 e. The molecule has 2 aromatic carbocycles. The fourth-order valence-electron chi connectivity index (χ4n) is 2.60. The van der Waals surface area contributed by atoms with Gasteiger partial charge in [0.25, 0.3) is 0 Å². The van der Waals surface area contributed by atoms with E-state index in [-0.39, 0.29) is 11.9 Å². The number of rotatable bonds is 3. The highest BCUT2D eigenvalue weighted by molar-refractivity contribution is 6.30. The van der Waals surface area contributed by atoms with Gasteiger partial charge in [-0.25, -0.2) is 19.3 Å². The van der Waals surface area contributed by atoms with Crippen LogP contribution in [0.2, 0.25) is 5.02 Å². The summed E-state index contributed by atoms with van der Waals surface area (Å²) in [5.74, 6) is -0.0270. The van der Waals surface area contributed by atoms with Crippen molar-refractivity contribution in [1.29, 1.82) is 0 Å². The van der Waals surface area contributed by atoms with Gasteiger partial charge in [-0.05, 0) is 30.3 Å². The summed E-state index contributed by atoms with van der Waals surface area (Å²) in [5, 5.41) is 4.35. The molecule has 0 atom stereocenters. The van der Waals surface area contributed by atoms with Crippen LogP contribution in [0.4, 0.5) is 22.0 Å². The first-order valence-corrected chi connectivity index (χ1v) is 8.05. The zero-order valence-corrected chi connectivity index (χ0v) is 14.1. The number of hydrogen-bond donors (Lipinski definition) is 2. The van der Waals surface area contributed by atoms with Gasteiger partial charge >= 0.3 is 0 Å². The number of para-hydroxylation sites is 1. The minimum Gasteiger partial charge on any atom is -0.368 e. The number of pyridine rings is 1. The van der Waals surface area contributed by atoms with Gasteiger partial charge in [0.1, 0.15) is 12.1 Å². The van der Waals surface area contributed by atoms with E-state index in [1.807, 2.05) is 24.3 Å². The van der Waals surface area contributed by atoms with Gasteiger partial charge in [-0.3, -0.25) is 0 Å². The first-order valence-electron chi connectivity index (χ1n) is 7.67. The van der Waals surface area contributed by atoms with E-state index < -0.39 is 5.82 Å². The second-order valence-corrected chi connectivity index (χ2v) is 5.93. The fraction of sp³-hybridized carbons (Fsp3) is 0. The third-order valence-electron chi connectivity index (χ3n) is 3.76. The molecule has 0 saturated heterocycles. The van der Waals surface area contributed by atoms with E-state index in [4.69, 9.17) is 17.3 Å². The van der Waals surface area contributed by atoms with Crippen molar-refractivity contribution in [3.05, 3.63) is 65.7 Å². The zero-order valence-electron chi connectivity index (χ0n) is 13.3. The number of nitrogens with zero attached hydrogens (tertiary/aromatic N) is 4. The fourth-order valence-corrected chi connectivity index (χ4v) is 2.77. The summed E-state index contributed by atoms with van der Waals surface area (Å²) in [4.78, 5) is 16.4. The highest BCUT2D eigenvalue weighted by Gasteiger charge is 2.12. The third-order valence-corrected chi connectivity index (χ3v) is 3.99. The molecule has 0 aliphatic heterocycles. The Labute approximate surface area is 152 Å². The van der Waals surface area contributed by atoms with Crippen LogP contribution < -0.4 is 11.1 Å². The van der Waals surface area contributed by atoms with Crippen molar-refractivity contribution in [2.24, 2.45) is 0 Å². The first kappa shape index (κ1) is 16.2. The number of benzene rings is 2. The lowest BCUT2D eigenvalue weighted by molar-refractivity contribution is 0.631. The topological polar surface area (TPSA) is 89.6 Å². The molecule has 0 radical (unpaired) electrons. The van der Waals surface area contributed by atoms with Crippen molar-refractivity contribution in [2.75, 3.05) is 11.1 Å². The molecule has 0 unspecified atom stereocenters. The zero-order chi connectivity index (χ0) is 18.1. The number of halogens is 2. The predicted octanol–water partition coefficient (Wildman–Crippen LogP) is 4.21. The summed E-state index contributed by atoms with van der Waals surface area (Å²) in [7, 11) is 0. The molecule has 128 valence electrons. The van der Waals surface area contributed by atoms with Crippen LogP contribution >= 0.6 is 11.6 Å². The Morgan fingerprint density at radius 3 is 2.69 bits per heavy atom. The summed E-state index contributed by atoms with van der Waals surface area (Å²) in [6.07, 6.45) is 1.31. The average molecular weight is 367 g/mol. The van der Waals surface area contributed by atoms with Gasteiger partial charge in [-0.2, -0.15) is 4.98 Å². The average Bonchev–Trinajstić information content (AvgIpc) is 2.64. The van der Waals surface area contributed by atoms with E-state index >= 15 is 0 Å². The standard InChI is InChI=1S/C18H12ClFN6/c19-10-5-6-13(20)12(7-10)16-8-15(11-3-1-2-4-14(11)24-16)25-18-23-9-22-17(21)26-18/h1-9H,(H3,21,22,23,24,25,26). The van der Waals surface area contributed by atoms with Crippen LogP contribution in [-0.4, -0.2) is 19.9 Å². The Kier molecular flexibility index (Phi) is 4.06. The number of nitrogens with one attached hydrogen (secondary N) is 1. The number of fused-ring (bicyclic) bond motifs is 1. The maximum Gasteiger partial charge on any atom is 0.232 e. The number of hydrogen-bond acceptors (Lipinski definition) is 6. The summed E-state index contributed by atoms with van der Waals surface area (Å²) >= 11 is 6.02. The molecule has 6 nitrogen and oxygen atoms in total. The van der Waals surface area contributed by atoms with Crippen molar-refractivity contribution in [3.63, 3.8) is 0 Å². The van der Waals surface area contributed by atoms with Crippen molar-refractivity contribution in [1.82, 2.24) is 19.9 Å². The maximum absolute atomic E-state index is 14.3. The highest BCUT2D eigenvalue weighted by Crippen LogP contribution is 2.32. The molecular weight excluding hydrogens is 355 g/mol. The van der Waals surface area contributed by atoms with Gasteiger partial charge in [0.15, 0.2) is 0 Å². The molecule has 0 aliphatic rings. The molecule has 0 bridgehead atoms. The second kappa shape index (κ2) is 6.53. The minimum atomic E-state index is -0.410. The number of nitrogens with two attached hydrogens (primary N) is 1. The van der Waals surface area contributed by atoms with Crippen molar-refractivity contribution >= 4 is 40.1 Å². The summed E-state index contributed by atoms with van der Waals surface area (Å²) in [6, 6.07) is 13.6. The Morgan fingerprint density at radius 1 is 1.00 bits per heavy atom. The van der Waals surface area contributed by atoms with Crippen LogP contribution in [0.5, 0.6) is 0 Å². The molecule has 26 heavy (non-hydrogen) atoms. The number of aromatic nitrogens is 4. The van der Waals surface area contributed by atoms with E-state index in [9.17, 15) is 4.39 Å². The largest absolute Gasteiger partial charge is 0.368 e. The molecule has 0 spiro atoms. The van der Waals surface area contributed by atoms with Crippen molar-refractivity contribution < 1.29 is 4.39 Å². The Hall–Kier alpha value is -3.32. The normalized spacial score (nSPS) is 10.8. The van der Waals surface area contributed by atoms with Gasteiger partial charge in [-0.15, -0.1) is 0 Å². The molecule has 2 aromatic heterocycles. The molecule has 8 heteroatoms. The van der Waals surface area contributed by atoms with Gasteiger partial charge in [0.2, 0.25) is 11.9 Å². The monoisotopic (exact) mass is 366 g/mol. The van der Waals surface area contributed by atoms with Crippen LogP contribution in [-0.2, 0) is 0 Å². The predicted molar refractivity (Wildman–Crippen MR) is 99.7 cm³/mol. The second-order valence-electron chi connectivity index (χ2n) is 5.49. The molecule has 0 aliphatic carbocycles. The first-order chi connectivity index (χ1) is 12.6. The Balaban J connectivity index is 1.90. The van der Waals surface area contributed by atoms with E-state index in [0.717, 1.165) is 5.39 Å². The lowest BCUT2D eigenvalue weighted by Gasteiger charge is -2.12. The quantitative estimate of drug-likeness (QED) is 0.564. The third kappa shape index (κ3) is 3.12. The molecule has 2 heterocycles.